The maximum atomic E-state index is 12.3. The van der Waals surface area contributed by atoms with E-state index < -0.39 is 6.10 Å². The number of piperidine rings is 1. The fourth-order valence-electron chi connectivity index (χ4n) is 2.99. The van der Waals surface area contributed by atoms with Crippen molar-refractivity contribution < 1.29 is 9.90 Å². The molecule has 0 spiro atoms. The van der Waals surface area contributed by atoms with Crippen LogP contribution in [0.5, 0.6) is 0 Å². The Morgan fingerprint density at radius 1 is 1.36 bits per heavy atom. The van der Waals surface area contributed by atoms with Gasteiger partial charge in [0.15, 0.2) is 5.82 Å². The minimum Gasteiger partial charge on any atom is -0.390 e. The Kier molecular flexibility index (Phi) is 5.78. The van der Waals surface area contributed by atoms with Gasteiger partial charge in [-0.2, -0.15) is 5.10 Å². The lowest BCUT2D eigenvalue weighted by Crippen LogP contribution is -2.43. The number of hydrogen-bond donors (Lipinski definition) is 2. The summed E-state index contributed by atoms with van der Waals surface area (Å²) in [7, 11) is 0. The molecule has 0 aliphatic carbocycles. The Labute approximate surface area is 147 Å². The minimum absolute atomic E-state index is 0.221. The molecule has 1 atom stereocenters. The number of carbonyl (C=O) groups is 1. The van der Waals surface area contributed by atoms with Crippen LogP contribution < -0.4 is 5.32 Å². The summed E-state index contributed by atoms with van der Waals surface area (Å²) in [6, 6.07) is 7.01. The molecule has 1 unspecified atom stereocenters. The van der Waals surface area contributed by atoms with Crippen LogP contribution in [0.25, 0.3) is 5.82 Å². The van der Waals surface area contributed by atoms with Gasteiger partial charge in [0.05, 0.1) is 6.10 Å². The van der Waals surface area contributed by atoms with E-state index >= 15 is 0 Å². The van der Waals surface area contributed by atoms with Gasteiger partial charge in [-0.15, -0.1) is 0 Å². The molecule has 2 N–H and O–H groups in total. The number of β-amino-alcohol motifs (C(OH)–C–C–N with tert-alkyl or cyclic N) is 1. The summed E-state index contributed by atoms with van der Waals surface area (Å²) in [5, 5.41) is 17.0. The van der Waals surface area contributed by atoms with Crippen LogP contribution in [0, 0.1) is 5.92 Å². The summed E-state index contributed by atoms with van der Waals surface area (Å²) in [6.07, 6.45) is 5.19. The Bertz CT molecular complexity index is 681. The molecule has 2 aromatic heterocycles. The fraction of sp³-hybridized carbons (Fsp3) is 0.500. The molecule has 0 radical (unpaired) electrons. The zero-order chi connectivity index (χ0) is 17.6. The second-order valence-corrected chi connectivity index (χ2v) is 6.68. The molecule has 0 bridgehead atoms. The van der Waals surface area contributed by atoms with Crippen LogP contribution in [-0.2, 0) is 0 Å². The van der Waals surface area contributed by atoms with Crippen molar-refractivity contribution >= 4 is 5.91 Å². The topological polar surface area (TPSA) is 83.3 Å². The standard InChI is InChI=1S/C18H25N5O2/c1-14-6-10-22(11-7-14)13-15(24)12-19-18(25)16-4-2-5-17(21-16)23-9-3-8-20-23/h2-5,8-9,14-15,24H,6-7,10-13H2,1H3,(H,19,25). The van der Waals surface area contributed by atoms with Crippen LogP contribution in [0.15, 0.2) is 36.7 Å². The van der Waals surface area contributed by atoms with Gasteiger partial charge >= 0.3 is 0 Å². The smallest absolute Gasteiger partial charge is 0.270 e. The van der Waals surface area contributed by atoms with Crippen LogP contribution in [0.1, 0.15) is 30.3 Å². The number of likely N-dealkylation sites (tertiary alicyclic amines) is 1. The predicted molar refractivity (Wildman–Crippen MR) is 94.5 cm³/mol. The van der Waals surface area contributed by atoms with Crippen molar-refractivity contribution in [1.29, 1.82) is 0 Å². The molecule has 3 heterocycles. The van der Waals surface area contributed by atoms with Crippen LogP contribution in [-0.4, -0.2) is 63.0 Å². The fourth-order valence-corrected chi connectivity index (χ4v) is 2.99. The molecule has 0 saturated carbocycles. The van der Waals surface area contributed by atoms with Gasteiger partial charge in [0.1, 0.15) is 5.69 Å². The molecule has 7 nitrogen and oxygen atoms in total. The number of carbonyl (C=O) groups excluding carboxylic acids is 1. The van der Waals surface area contributed by atoms with Gasteiger partial charge in [-0.25, -0.2) is 9.67 Å². The average Bonchev–Trinajstić information content (AvgIpc) is 3.16. The van der Waals surface area contributed by atoms with Crippen molar-refractivity contribution in [2.24, 2.45) is 5.92 Å². The van der Waals surface area contributed by atoms with Gasteiger partial charge in [-0.1, -0.05) is 13.0 Å². The lowest BCUT2D eigenvalue weighted by atomic mass is 9.99. The maximum absolute atomic E-state index is 12.3. The summed E-state index contributed by atoms with van der Waals surface area (Å²) >= 11 is 0. The summed E-state index contributed by atoms with van der Waals surface area (Å²) in [4.78, 5) is 18.8. The molecule has 134 valence electrons. The molecule has 2 aromatic rings. The van der Waals surface area contributed by atoms with Crippen LogP contribution in [0.4, 0.5) is 0 Å². The van der Waals surface area contributed by atoms with E-state index in [9.17, 15) is 9.90 Å². The third kappa shape index (κ3) is 4.87. The average molecular weight is 343 g/mol. The number of amides is 1. The molecular formula is C18H25N5O2. The summed E-state index contributed by atoms with van der Waals surface area (Å²) in [5.41, 5.74) is 0.312. The van der Waals surface area contributed by atoms with Gasteiger partial charge < -0.3 is 15.3 Å². The predicted octanol–water partition coefficient (Wildman–Crippen LogP) is 1.09. The molecule has 25 heavy (non-hydrogen) atoms. The van der Waals surface area contributed by atoms with Crippen LogP contribution in [0.3, 0.4) is 0 Å². The molecule has 1 aliphatic heterocycles. The van der Waals surface area contributed by atoms with Gasteiger partial charge in [0.25, 0.3) is 5.91 Å². The highest BCUT2D eigenvalue weighted by Gasteiger charge is 2.19. The molecule has 1 fully saturated rings. The molecule has 1 saturated heterocycles. The van der Waals surface area contributed by atoms with Crippen LogP contribution >= 0.6 is 0 Å². The highest BCUT2D eigenvalue weighted by Crippen LogP contribution is 2.15. The number of aliphatic hydroxyl groups is 1. The summed E-state index contributed by atoms with van der Waals surface area (Å²) in [6.45, 7) is 5.10. The first kappa shape index (κ1) is 17.6. The quantitative estimate of drug-likeness (QED) is 0.820. The van der Waals surface area contributed by atoms with Crippen molar-refractivity contribution in [2.45, 2.75) is 25.9 Å². The first-order valence-corrected chi connectivity index (χ1v) is 8.77. The van der Waals surface area contributed by atoms with E-state index in [4.69, 9.17) is 0 Å². The monoisotopic (exact) mass is 343 g/mol. The normalized spacial score (nSPS) is 17.4. The van der Waals surface area contributed by atoms with Crippen molar-refractivity contribution in [3.8, 4) is 5.82 Å². The van der Waals surface area contributed by atoms with Crippen molar-refractivity contribution in [2.75, 3.05) is 26.2 Å². The first-order valence-electron chi connectivity index (χ1n) is 8.77. The first-order chi connectivity index (χ1) is 12.1. The lowest BCUT2D eigenvalue weighted by Gasteiger charge is -2.31. The highest BCUT2D eigenvalue weighted by molar-refractivity contribution is 5.92. The van der Waals surface area contributed by atoms with E-state index in [1.807, 2.05) is 0 Å². The van der Waals surface area contributed by atoms with Crippen LogP contribution in [0.2, 0.25) is 0 Å². The van der Waals surface area contributed by atoms with E-state index in [-0.39, 0.29) is 12.5 Å². The number of pyridine rings is 1. The Balaban J connectivity index is 1.50. The van der Waals surface area contributed by atoms with E-state index in [1.54, 1.807) is 41.3 Å². The molecule has 7 heteroatoms. The number of aliphatic hydroxyl groups excluding tert-OH is 1. The van der Waals surface area contributed by atoms with Crippen molar-refractivity contribution in [3.05, 3.63) is 42.4 Å². The zero-order valence-corrected chi connectivity index (χ0v) is 14.5. The number of hydrogen-bond acceptors (Lipinski definition) is 5. The Morgan fingerprint density at radius 3 is 2.88 bits per heavy atom. The third-order valence-corrected chi connectivity index (χ3v) is 4.55. The van der Waals surface area contributed by atoms with E-state index in [1.165, 1.54) is 12.8 Å². The van der Waals surface area contributed by atoms with Gasteiger partial charge in [0, 0.05) is 25.5 Å². The summed E-state index contributed by atoms with van der Waals surface area (Å²) in [5.74, 6) is 1.06. The second-order valence-electron chi connectivity index (χ2n) is 6.68. The molecule has 1 amide bonds. The second kappa shape index (κ2) is 8.22. The van der Waals surface area contributed by atoms with Crippen molar-refractivity contribution in [1.82, 2.24) is 25.0 Å². The van der Waals surface area contributed by atoms with Gasteiger partial charge in [-0.3, -0.25) is 4.79 Å². The van der Waals surface area contributed by atoms with Gasteiger partial charge in [0.2, 0.25) is 0 Å². The maximum Gasteiger partial charge on any atom is 0.270 e. The molecule has 0 aromatic carbocycles. The zero-order valence-electron chi connectivity index (χ0n) is 14.5. The molecular weight excluding hydrogens is 318 g/mol. The Hall–Kier alpha value is -2.25. The van der Waals surface area contributed by atoms with E-state index in [0.29, 0.717) is 18.1 Å². The van der Waals surface area contributed by atoms with Crippen molar-refractivity contribution in [3.63, 3.8) is 0 Å². The number of rotatable bonds is 6. The van der Waals surface area contributed by atoms with Gasteiger partial charge in [-0.05, 0) is 50.0 Å². The minimum atomic E-state index is -0.577. The number of nitrogens with one attached hydrogen (secondary N) is 1. The third-order valence-electron chi connectivity index (χ3n) is 4.55. The summed E-state index contributed by atoms with van der Waals surface area (Å²) < 4.78 is 1.60. The Morgan fingerprint density at radius 2 is 2.16 bits per heavy atom. The largest absolute Gasteiger partial charge is 0.390 e. The van der Waals surface area contributed by atoms with E-state index in [2.05, 4.69) is 27.2 Å². The van der Waals surface area contributed by atoms with E-state index in [0.717, 1.165) is 19.0 Å². The SMILES string of the molecule is CC1CCN(CC(O)CNC(=O)c2cccc(-n3cccn3)n2)CC1. The number of aromatic nitrogens is 3. The highest BCUT2D eigenvalue weighted by atomic mass is 16.3. The lowest BCUT2D eigenvalue weighted by molar-refractivity contribution is 0.0792. The number of nitrogens with zero attached hydrogens (tertiary/aromatic N) is 4. The molecule has 1 aliphatic rings. The molecule has 3 rings (SSSR count).